The van der Waals surface area contributed by atoms with Crippen LogP contribution in [0, 0.1) is 13.8 Å². The van der Waals surface area contributed by atoms with Gasteiger partial charge in [0.25, 0.3) is 11.7 Å². The molecule has 4 rings (SSSR count). The summed E-state index contributed by atoms with van der Waals surface area (Å²) >= 11 is 0. The van der Waals surface area contributed by atoms with E-state index in [0.717, 1.165) is 23.4 Å². The molecule has 3 aromatic rings. The van der Waals surface area contributed by atoms with Crippen molar-refractivity contribution >= 4 is 23.3 Å². The SMILES string of the molecule is CCCNC(=O)[C@@H]1CN(C(=O)CCc2c(C)nc3ncnn3c2C)c2ccccc2O1. The highest BCUT2D eigenvalue weighted by molar-refractivity contribution is 5.97. The van der Waals surface area contributed by atoms with Crippen molar-refractivity contribution in [3.63, 3.8) is 0 Å². The molecule has 0 unspecified atom stereocenters. The van der Waals surface area contributed by atoms with Crippen molar-refractivity contribution in [3.8, 4) is 5.75 Å². The van der Waals surface area contributed by atoms with Crippen molar-refractivity contribution in [3.05, 3.63) is 47.5 Å². The number of amides is 2. The van der Waals surface area contributed by atoms with Crippen molar-refractivity contribution in [2.45, 2.75) is 46.1 Å². The van der Waals surface area contributed by atoms with Gasteiger partial charge in [0, 0.05) is 24.4 Å². The zero-order valence-electron chi connectivity index (χ0n) is 18.0. The number of benzene rings is 1. The molecule has 0 saturated carbocycles. The standard InChI is InChI=1S/C22H26N6O3/c1-4-11-23-21(30)19-12-27(17-7-5-6-8-18(17)31-19)20(29)10-9-16-14(2)26-22-24-13-25-28(22)15(16)3/h5-8,13,19H,4,9-12H2,1-3H3,(H,23,30)/t19-/m0/s1. The van der Waals surface area contributed by atoms with E-state index in [-0.39, 0.29) is 24.8 Å². The molecule has 0 spiro atoms. The van der Waals surface area contributed by atoms with Crippen molar-refractivity contribution < 1.29 is 14.3 Å². The summed E-state index contributed by atoms with van der Waals surface area (Å²) in [5, 5.41) is 7.06. The second-order valence-corrected chi connectivity index (χ2v) is 7.60. The van der Waals surface area contributed by atoms with Gasteiger partial charge in [0.05, 0.1) is 12.2 Å². The van der Waals surface area contributed by atoms with Crippen LogP contribution < -0.4 is 15.0 Å². The second kappa shape index (κ2) is 8.71. The first-order valence-electron chi connectivity index (χ1n) is 10.5. The molecular weight excluding hydrogens is 396 g/mol. The molecule has 9 heteroatoms. The van der Waals surface area contributed by atoms with Crippen molar-refractivity contribution in [1.29, 1.82) is 0 Å². The average Bonchev–Trinajstić information content (AvgIpc) is 3.24. The minimum Gasteiger partial charge on any atom is -0.477 e. The molecule has 1 aliphatic rings. The molecule has 0 aliphatic carbocycles. The summed E-state index contributed by atoms with van der Waals surface area (Å²) < 4.78 is 7.56. The first-order valence-corrected chi connectivity index (χ1v) is 10.5. The predicted octanol–water partition coefficient (Wildman–Crippen LogP) is 1.99. The lowest BCUT2D eigenvalue weighted by molar-refractivity contribution is -0.128. The Kier molecular flexibility index (Phi) is 5.83. The Morgan fingerprint density at radius 2 is 2.06 bits per heavy atom. The second-order valence-electron chi connectivity index (χ2n) is 7.60. The highest BCUT2D eigenvalue weighted by atomic mass is 16.5. The molecule has 2 aromatic heterocycles. The predicted molar refractivity (Wildman–Crippen MR) is 115 cm³/mol. The van der Waals surface area contributed by atoms with Gasteiger partial charge in [0.1, 0.15) is 12.1 Å². The number of anilines is 1. The number of nitrogens with one attached hydrogen (secondary N) is 1. The molecule has 1 N–H and O–H groups in total. The highest BCUT2D eigenvalue weighted by Crippen LogP contribution is 2.33. The maximum Gasteiger partial charge on any atom is 0.262 e. The minimum absolute atomic E-state index is 0.0680. The number of para-hydroxylation sites is 2. The van der Waals surface area contributed by atoms with E-state index in [9.17, 15) is 9.59 Å². The topological polar surface area (TPSA) is 102 Å². The summed E-state index contributed by atoms with van der Waals surface area (Å²) in [6.45, 7) is 6.62. The van der Waals surface area contributed by atoms with Gasteiger partial charge in [-0.05, 0) is 44.4 Å². The lowest BCUT2D eigenvalue weighted by Crippen LogP contribution is -2.51. The van der Waals surface area contributed by atoms with Crippen LogP contribution in [0.5, 0.6) is 5.75 Å². The zero-order valence-corrected chi connectivity index (χ0v) is 18.0. The monoisotopic (exact) mass is 422 g/mol. The van der Waals surface area contributed by atoms with E-state index < -0.39 is 6.10 Å². The lowest BCUT2D eigenvalue weighted by atomic mass is 10.1. The lowest BCUT2D eigenvalue weighted by Gasteiger charge is -2.34. The number of hydrogen-bond acceptors (Lipinski definition) is 6. The van der Waals surface area contributed by atoms with E-state index in [1.54, 1.807) is 15.5 Å². The number of rotatable bonds is 6. The summed E-state index contributed by atoms with van der Waals surface area (Å²) in [4.78, 5) is 36.0. The van der Waals surface area contributed by atoms with Gasteiger partial charge in [-0.3, -0.25) is 9.59 Å². The summed E-state index contributed by atoms with van der Waals surface area (Å²) in [7, 11) is 0. The number of ether oxygens (including phenoxy) is 1. The van der Waals surface area contributed by atoms with Crippen LogP contribution in [-0.2, 0) is 16.0 Å². The van der Waals surface area contributed by atoms with Gasteiger partial charge in [-0.25, -0.2) is 9.50 Å². The number of carbonyl (C=O) groups is 2. The molecule has 31 heavy (non-hydrogen) atoms. The first kappa shape index (κ1) is 20.8. The van der Waals surface area contributed by atoms with E-state index >= 15 is 0 Å². The maximum atomic E-state index is 13.2. The Morgan fingerprint density at radius 3 is 2.87 bits per heavy atom. The number of aryl methyl sites for hydroxylation is 2. The smallest absolute Gasteiger partial charge is 0.262 e. The summed E-state index contributed by atoms with van der Waals surface area (Å²) in [6.07, 6.45) is 2.37. The van der Waals surface area contributed by atoms with Gasteiger partial charge in [0.15, 0.2) is 6.10 Å². The van der Waals surface area contributed by atoms with E-state index in [4.69, 9.17) is 4.74 Å². The highest BCUT2D eigenvalue weighted by Gasteiger charge is 2.33. The third kappa shape index (κ3) is 4.08. The van der Waals surface area contributed by atoms with Crippen molar-refractivity contribution in [2.24, 2.45) is 0 Å². The maximum absolute atomic E-state index is 13.2. The molecule has 2 amide bonds. The van der Waals surface area contributed by atoms with E-state index in [1.807, 2.05) is 39.0 Å². The molecule has 1 aliphatic heterocycles. The Bertz CT molecular complexity index is 1130. The van der Waals surface area contributed by atoms with Crippen LogP contribution in [0.1, 0.15) is 36.7 Å². The zero-order chi connectivity index (χ0) is 22.0. The number of fused-ring (bicyclic) bond motifs is 2. The number of nitrogens with zero attached hydrogens (tertiary/aromatic N) is 5. The Hall–Kier alpha value is -3.49. The number of hydrogen-bond donors (Lipinski definition) is 1. The van der Waals surface area contributed by atoms with E-state index in [1.165, 1.54) is 6.33 Å². The van der Waals surface area contributed by atoms with E-state index in [2.05, 4.69) is 20.4 Å². The summed E-state index contributed by atoms with van der Waals surface area (Å²) in [6, 6.07) is 7.31. The molecule has 0 saturated heterocycles. The van der Waals surface area contributed by atoms with Gasteiger partial charge in [0.2, 0.25) is 5.91 Å². The van der Waals surface area contributed by atoms with Gasteiger partial charge >= 0.3 is 0 Å². The molecule has 9 nitrogen and oxygen atoms in total. The third-order valence-corrected chi connectivity index (χ3v) is 5.49. The molecule has 162 valence electrons. The average molecular weight is 422 g/mol. The van der Waals surface area contributed by atoms with Gasteiger partial charge < -0.3 is 15.0 Å². The molecule has 1 aromatic carbocycles. The fraction of sp³-hybridized carbons (Fsp3) is 0.409. The van der Waals surface area contributed by atoms with E-state index in [0.29, 0.717) is 30.2 Å². The van der Waals surface area contributed by atoms with Crippen LogP contribution in [-0.4, -0.2) is 50.6 Å². The third-order valence-electron chi connectivity index (χ3n) is 5.49. The van der Waals surface area contributed by atoms with Crippen LogP contribution in [0.25, 0.3) is 5.78 Å². The first-order chi connectivity index (χ1) is 15.0. The largest absolute Gasteiger partial charge is 0.477 e. The molecular formula is C22H26N6O3. The molecule has 0 fully saturated rings. The fourth-order valence-electron chi connectivity index (χ4n) is 3.85. The van der Waals surface area contributed by atoms with Crippen LogP contribution in [0.2, 0.25) is 0 Å². The van der Waals surface area contributed by atoms with Gasteiger partial charge in [-0.15, -0.1) is 0 Å². The Balaban J connectivity index is 1.54. The molecule has 1 atom stereocenters. The normalized spacial score (nSPS) is 15.5. The van der Waals surface area contributed by atoms with Gasteiger partial charge in [-0.2, -0.15) is 10.1 Å². The van der Waals surface area contributed by atoms with Crippen LogP contribution >= 0.6 is 0 Å². The molecule has 3 heterocycles. The quantitative estimate of drug-likeness (QED) is 0.652. The number of carbonyl (C=O) groups excluding carboxylic acids is 2. The van der Waals surface area contributed by atoms with Crippen molar-refractivity contribution in [1.82, 2.24) is 24.9 Å². The Labute approximate surface area is 180 Å². The fourth-order valence-corrected chi connectivity index (χ4v) is 3.85. The molecule has 0 bridgehead atoms. The Morgan fingerprint density at radius 1 is 1.26 bits per heavy atom. The van der Waals surface area contributed by atoms with Crippen LogP contribution in [0.4, 0.5) is 5.69 Å². The summed E-state index contributed by atoms with van der Waals surface area (Å²) in [5.74, 6) is 0.813. The van der Waals surface area contributed by atoms with Crippen molar-refractivity contribution in [2.75, 3.05) is 18.0 Å². The minimum atomic E-state index is -0.734. The summed E-state index contributed by atoms with van der Waals surface area (Å²) in [5.41, 5.74) is 3.42. The van der Waals surface area contributed by atoms with Crippen LogP contribution in [0.3, 0.4) is 0 Å². The van der Waals surface area contributed by atoms with Crippen LogP contribution in [0.15, 0.2) is 30.6 Å². The van der Waals surface area contributed by atoms with Gasteiger partial charge in [-0.1, -0.05) is 19.1 Å². The number of aromatic nitrogens is 4. The molecule has 0 radical (unpaired) electrons.